The average Bonchev–Trinajstić information content (AvgIpc) is 2.15. The summed E-state index contributed by atoms with van der Waals surface area (Å²) < 4.78 is 0. The molecule has 0 bridgehead atoms. The maximum Gasteiger partial charge on any atom is 0.306 e. The highest BCUT2D eigenvalue weighted by molar-refractivity contribution is 5.70. The Morgan fingerprint density at radius 1 is 1.27 bits per heavy atom. The van der Waals surface area contributed by atoms with Gasteiger partial charge in [0.25, 0.3) is 0 Å². The van der Waals surface area contributed by atoms with Crippen LogP contribution in [0.15, 0.2) is 12.7 Å². The van der Waals surface area contributed by atoms with E-state index in [0.717, 1.165) is 0 Å². The number of hydrogen-bond acceptors (Lipinski definition) is 2. The Morgan fingerprint density at radius 2 is 1.87 bits per heavy atom. The maximum atomic E-state index is 10.7. The third-order valence-corrected chi connectivity index (χ3v) is 2.41. The van der Waals surface area contributed by atoms with E-state index in [-0.39, 0.29) is 0 Å². The van der Waals surface area contributed by atoms with Gasteiger partial charge >= 0.3 is 11.9 Å². The van der Waals surface area contributed by atoms with Crippen LogP contribution in [0, 0.1) is 11.8 Å². The average molecular weight is 214 g/mol. The molecule has 0 heterocycles. The molecule has 0 aromatic carbocycles. The summed E-state index contributed by atoms with van der Waals surface area (Å²) in [7, 11) is 0. The Kier molecular flexibility index (Phi) is 6.42. The first kappa shape index (κ1) is 13.7. The molecule has 0 aromatic heterocycles. The Labute approximate surface area is 89.6 Å². The van der Waals surface area contributed by atoms with Crippen LogP contribution in [0.1, 0.15) is 32.6 Å². The lowest BCUT2D eigenvalue weighted by atomic mass is 9.95. The Bertz CT molecular complexity index is 235. The predicted octanol–water partition coefficient (Wildman–Crippen LogP) is 2.15. The largest absolute Gasteiger partial charge is 0.481 e. The monoisotopic (exact) mass is 214 g/mol. The zero-order chi connectivity index (χ0) is 11.8. The van der Waals surface area contributed by atoms with Gasteiger partial charge in [0.2, 0.25) is 0 Å². The Balaban J connectivity index is 3.85. The van der Waals surface area contributed by atoms with Crippen LogP contribution in [-0.2, 0) is 9.59 Å². The smallest absolute Gasteiger partial charge is 0.306 e. The minimum atomic E-state index is -0.835. The van der Waals surface area contributed by atoms with Crippen LogP contribution in [0.25, 0.3) is 0 Å². The lowest BCUT2D eigenvalue weighted by molar-refractivity contribution is -0.141. The highest BCUT2D eigenvalue weighted by Gasteiger charge is 2.17. The van der Waals surface area contributed by atoms with Crippen molar-refractivity contribution in [3.63, 3.8) is 0 Å². The van der Waals surface area contributed by atoms with Crippen molar-refractivity contribution >= 4 is 11.9 Å². The molecule has 2 unspecified atom stereocenters. The van der Waals surface area contributed by atoms with Crippen molar-refractivity contribution in [1.29, 1.82) is 0 Å². The molecule has 86 valence electrons. The third-order valence-electron chi connectivity index (χ3n) is 2.41. The van der Waals surface area contributed by atoms with Gasteiger partial charge in [-0.1, -0.05) is 19.4 Å². The lowest BCUT2D eigenvalue weighted by Gasteiger charge is -2.10. The minimum Gasteiger partial charge on any atom is -0.481 e. The molecule has 0 aromatic rings. The topological polar surface area (TPSA) is 74.6 Å². The van der Waals surface area contributed by atoms with Crippen LogP contribution in [0.3, 0.4) is 0 Å². The van der Waals surface area contributed by atoms with Crippen molar-refractivity contribution in [2.24, 2.45) is 11.8 Å². The molecule has 0 radical (unpaired) electrons. The highest BCUT2D eigenvalue weighted by atomic mass is 16.4. The first-order chi connectivity index (χ1) is 6.99. The zero-order valence-corrected chi connectivity index (χ0v) is 8.98. The van der Waals surface area contributed by atoms with Crippen LogP contribution in [0.4, 0.5) is 0 Å². The molecule has 0 saturated carbocycles. The van der Waals surface area contributed by atoms with Crippen LogP contribution < -0.4 is 0 Å². The zero-order valence-electron chi connectivity index (χ0n) is 8.98. The SMILES string of the molecule is C=CCC(CCCC(C)C(=O)O)C(=O)O. The van der Waals surface area contributed by atoms with Gasteiger partial charge in [-0.25, -0.2) is 0 Å². The van der Waals surface area contributed by atoms with E-state index in [9.17, 15) is 9.59 Å². The van der Waals surface area contributed by atoms with Gasteiger partial charge in [-0.15, -0.1) is 6.58 Å². The van der Waals surface area contributed by atoms with Crippen molar-refractivity contribution in [2.45, 2.75) is 32.6 Å². The van der Waals surface area contributed by atoms with Crippen LogP contribution >= 0.6 is 0 Å². The van der Waals surface area contributed by atoms with Crippen molar-refractivity contribution in [1.82, 2.24) is 0 Å². The second-order valence-electron chi connectivity index (χ2n) is 3.73. The first-order valence-electron chi connectivity index (χ1n) is 5.05. The van der Waals surface area contributed by atoms with E-state index >= 15 is 0 Å². The molecule has 0 fully saturated rings. The molecule has 0 aliphatic heterocycles. The summed E-state index contributed by atoms with van der Waals surface area (Å²) in [6, 6.07) is 0. The Morgan fingerprint density at radius 3 is 2.27 bits per heavy atom. The van der Waals surface area contributed by atoms with Gasteiger partial charge in [-0.2, -0.15) is 0 Å². The van der Waals surface area contributed by atoms with E-state index in [1.54, 1.807) is 13.0 Å². The van der Waals surface area contributed by atoms with Crippen molar-refractivity contribution in [3.8, 4) is 0 Å². The molecular weight excluding hydrogens is 196 g/mol. The molecule has 2 atom stereocenters. The van der Waals surface area contributed by atoms with Crippen molar-refractivity contribution in [3.05, 3.63) is 12.7 Å². The molecule has 0 rings (SSSR count). The summed E-state index contributed by atoms with van der Waals surface area (Å²) in [6.07, 6.45) is 3.68. The Hall–Kier alpha value is -1.32. The summed E-state index contributed by atoms with van der Waals surface area (Å²) in [5.74, 6) is -2.49. The molecule has 4 heteroatoms. The highest BCUT2D eigenvalue weighted by Crippen LogP contribution is 2.16. The fraction of sp³-hybridized carbons (Fsp3) is 0.636. The summed E-state index contributed by atoms with van der Waals surface area (Å²) in [4.78, 5) is 21.2. The van der Waals surface area contributed by atoms with Gasteiger partial charge in [-0.3, -0.25) is 9.59 Å². The molecule has 0 amide bonds. The predicted molar refractivity (Wildman–Crippen MR) is 56.6 cm³/mol. The third kappa shape index (κ3) is 5.88. The molecule has 0 aliphatic carbocycles. The van der Waals surface area contributed by atoms with E-state index < -0.39 is 23.8 Å². The van der Waals surface area contributed by atoms with Crippen molar-refractivity contribution in [2.75, 3.05) is 0 Å². The fourth-order valence-electron chi connectivity index (χ4n) is 1.34. The summed E-state index contributed by atoms with van der Waals surface area (Å²) in [5.41, 5.74) is 0. The van der Waals surface area contributed by atoms with Gasteiger partial charge in [0, 0.05) is 0 Å². The van der Waals surface area contributed by atoms with E-state index in [1.807, 2.05) is 0 Å². The van der Waals surface area contributed by atoms with Gasteiger partial charge in [0.1, 0.15) is 0 Å². The second kappa shape index (κ2) is 7.04. The number of hydrogen-bond donors (Lipinski definition) is 2. The van der Waals surface area contributed by atoms with E-state index in [4.69, 9.17) is 10.2 Å². The van der Waals surface area contributed by atoms with Crippen LogP contribution in [0.5, 0.6) is 0 Å². The van der Waals surface area contributed by atoms with Crippen molar-refractivity contribution < 1.29 is 19.8 Å². The number of carbonyl (C=O) groups is 2. The number of carboxylic acids is 2. The summed E-state index contributed by atoms with van der Waals surface area (Å²) >= 11 is 0. The summed E-state index contributed by atoms with van der Waals surface area (Å²) in [5, 5.41) is 17.4. The number of aliphatic carboxylic acids is 2. The molecule has 15 heavy (non-hydrogen) atoms. The van der Waals surface area contributed by atoms with E-state index in [0.29, 0.717) is 25.7 Å². The molecular formula is C11H18O4. The molecule has 2 N–H and O–H groups in total. The fourth-order valence-corrected chi connectivity index (χ4v) is 1.34. The van der Waals surface area contributed by atoms with E-state index in [2.05, 4.69) is 6.58 Å². The molecule has 0 spiro atoms. The normalized spacial score (nSPS) is 14.2. The quantitative estimate of drug-likeness (QED) is 0.607. The molecule has 4 nitrogen and oxygen atoms in total. The standard InChI is InChI=1S/C11H18O4/c1-3-5-9(11(14)15)7-4-6-8(2)10(12)13/h3,8-9H,1,4-7H2,2H3,(H,12,13)(H,14,15). The number of rotatable bonds is 8. The van der Waals surface area contributed by atoms with Gasteiger partial charge < -0.3 is 10.2 Å². The molecule has 0 saturated heterocycles. The lowest BCUT2D eigenvalue weighted by Crippen LogP contribution is -2.14. The number of carboxylic acid groups (broad SMARTS) is 2. The van der Waals surface area contributed by atoms with Gasteiger partial charge in [0.15, 0.2) is 0 Å². The minimum absolute atomic E-state index is 0.400. The maximum absolute atomic E-state index is 10.7. The molecule has 0 aliphatic rings. The van der Waals surface area contributed by atoms with Crippen LogP contribution in [-0.4, -0.2) is 22.2 Å². The number of allylic oxidation sites excluding steroid dienone is 1. The summed E-state index contributed by atoms with van der Waals surface area (Å²) in [6.45, 7) is 5.13. The first-order valence-corrected chi connectivity index (χ1v) is 5.05. The van der Waals surface area contributed by atoms with Gasteiger partial charge in [-0.05, 0) is 19.3 Å². The van der Waals surface area contributed by atoms with Crippen LogP contribution in [0.2, 0.25) is 0 Å². The van der Waals surface area contributed by atoms with E-state index in [1.165, 1.54) is 0 Å². The van der Waals surface area contributed by atoms with Gasteiger partial charge in [0.05, 0.1) is 11.8 Å². The second-order valence-corrected chi connectivity index (χ2v) is 3.73.